The molecule has 1 aromatic rings. The summed E-state index contributed by atoms with van der Waals surface area (Å²) in [5, 5.41) is 0. The molecule has 0 N–H and O–H groups in total. The van der Waals surface area contributed by atoms with Gasteiger partial charge >= 0.3 is 5.97 Å². The lowest BCUT2D eigenvalue weighted by Gasteiger charge is -2.24. The predicted octanol–water partition coefficient (Wildman–Crippen LogP) is 2.75. The molecule has 2 nitrogen and oxygen atoms in total. The van der Waals surface area contributed by atoms with E-state index in [0.29, 0.717) is 6.61 Å². The van der Waals surface area contributed by atoms with E-state index in [2.05, 4.69) is 0 Å². The lowest BCUT2D eigenvalue weighted by atomic mass is 9.84. The third kappa shape index (κ3) is 2.51. The summed E-state index contributed by atoms with van der Waals surface area (Å²) in [4.78, 5) is 11.8. The number of rotatable bonds is 4. The third-order valence-electron chi connectivity index (χ3n) is 2.40. The fraction of sp³-hybridized carbons (Fsp3) is 0.417. The average molecular weight is 227 g/mol. The minimum absolute atomic E-state index is 0.218. The molecule has 0 fully saturated rings. The van der Waals surface area contributed by atoms with E-state index >= 15 is 0 Å². The van der Waals surface area contributed by atoms with E-state index in [-0.39, 0.29) is 11.8 Å². The van der Waals surface area contributed by atoms with Crippen molar-refractivity contribution in [3.63, 3.8) is 0 Å². The first-order valence-corrected chi connectivity index (χ1v) is 5.47. The number of hydrogen-bond donors (Lipinski definition) is 0. The number of ether oxygens (including phenoxy) is 1. The Kier molecular flexibility index (Phi) is 4.15. The summed E-state index contributed by atoms with van der Waals surface area (Å²) in [6.07, 6.45) is 0. The van der Waals surface area contributed by atoms with Crippen LogP contribution in [0.15, 0.2) is 30.3 Å². The normalized spacial score (nSPS) is 14.3. The molecule has 3 heteroatoms. The first kappa shape index (κ1) is 12.1. The number of halogens is 1. The minimum atomic E-state index is -0.751. The number of esters is 1. The lowest BCUT2D eigenvalue weighted by molar-refractivity contribution is -0.148. The van der Waals surface area contributed by atoms with E-state index in [1.54, 1.807) is 13.8 Å². The molecule has 0 bridgehead atoms. The monoisotopic (exact) mass is 226 g/mol. The maximum atomic E-state index is 11.8. The zero-order chi connectivity index (χ0) is 11.3. The highest BCUT2D eigenvalue weighted by Gasteiger charge is 2.35. The SMILES string of the molecule is CCOC(=O)C(C)(CCl)c1ccccc1. The van der Waals surface area contributed by atoms with Gasteiger partial charge in [-0.05, 0) is 19.4 Å². The zero-order valence-corrected chi connectivity index (χ0v) is 9.75. The summed E-state index contributed by atoms with van der Waals surface area (Å²) in [6.45, 7) is 3.96. The van der Waals surface area contributed by atoms with Crippen molar-refractivity contribution in [1.82, 2.24) is 0 Å². The molecule has 0 saturated heterocycles. The summed E-state index contributed by atoms with van der Waals surface area (Å²) in [5.74, 6) is -0.0539. The quantitative estimate of drug-likeness (QED) is 0.583. The Morgan fingerprint density at radius 3 is 2.47 bits per heavy atom. The molecule has 0 saturated carbocycles. The Balaban J connectivity index is 3.00. The lowest BCUT2D eigenvalue weighted by Crippen LogP contribution is -2.36. The van der Waals surface area contributed by atoms with E-state index in [1.807, 2.05) is 30.3 Å². The van der Waals surface area contributed by atoms with Crippen molar-refractivity contribution in [2.45, 2.75) is 19.3 Å². The van der Waals surface area contributed by atoms with Gasteiger partial charge in [0.15, 0.2) is 0 Å². The number of carbonyl (C=O) groups excluding carboxylic acids is 1. The highest BCUT2D eigenvalue weighted by atomic mass is 35.5. The van der Waals surface area contributed by atoms with Crippen molar-refractivity contribution < 1.29 is 9.53 Å². The van der Waals surface area contributed by atoms with Crippen LogP contribution in [0.5, 0.6) is 0 Å². The maximum Gasteiger partial charge on any atom is 0.317 e. The Morgan fingerprint density at radius 2 is 2.00 bits per heavy atom. The van der Waals surface area contributed by atoms with Gasteiger partial charge in [0.2, 0.25) is 0 Å². The van der Waals surface area contributed by atoms with Crippen LogP contribution in [-0.4, -0.2) is 18.5 Å². The van der Waals surface area contributed by atoms with Gasteiger partial charge in [-0.15, -0.1) is 11.6 Å². The average Bonchev–Trinajstić information content (AvgIpc) is 2.29. The van der Waals surface area contributed by atoms with Crippen LogP contribution in [0.2, 0.25) is 0 Å². The molecule has 15 heavy (non-hydrogen) atoms. The van der Waals surface area contributed by atoms with Crippen LogP contribution in [0.25, 0.3) is 0 Å². The Hall–Kier alpha value is -1.02. The highest BCUT2D eigenvalue weighted by Crippen LogP contribution is 2.26. The summed E-state index contributed by atoms with van der Waals surface area (Å²) in [7, 11) is 0. The fourth-order valence-electron chi connectivity index (χ4n) is 1.35. The van der Waals surface area contributed by atoms with Crippen LogP contribution < -0.4 is 0 Å². The van der Waals surface area contributed by atoms with Crippen LogP contribution in [0, 0.1) is 0 Å². The fourth-order valence-corrected chi connectivity index (χ4v) is 1.61. The number of hydrogen-bond acceptors (Lipinski definition) is 2. The molecule has 0 aliphatic rings. The molecule has 0 radical (unpaired) electrons. The van der Waals surface area contributed by atoms with Crippen molar-refractivity contribution >= 4 is 17.6 Å². The van der Waals surface area contributed by atoms with Gasteiger partial charge in [0.25, 0.3) is 0 Å². The molecule has 0 aromatic heterocycles. The van der Waals surface area contributed by atoms with E-state index in [1.165, 1.54) is 0 Å². The maximum absolute atomic E-state index is 11.8. The number of alkyl halides is 1. The molecule has 1 aromatic carbocycles. The predicted molar refractivity (Wildman–Crippen MR) is 61.1 cm³/mol. The first-order valence-electron chi connectivity index (χ1n) is 4.94. The highest BCUT2D eigenvalue weighted by molar-refractivity contribution is 6.20. The van der Waals surface area contributed by atoms with Gasteiger partial charge in [-0.25, -0.2) is 0 Å². The smallest absolute Gasteiger partial charge is 0.317 e. The second kappa shape index (κ2) is 5.17. The second-order valence-corrected chi connectivity index (χ2v) is 3.82. The topological polar surface area (TPSA) is 26.3 Å². The summed E-state index contributed by atoms with van der Waals surface area (Å²) < 4.78 is 5.03. The third-order valence-corrected chi connectivity index (χ3v) is 2.94. The van der Waals surface area contributed by atoms with E-state index in [0.717, 1.165) is 5.56 Å². The number of carbonyl (C=O) groups is 1. The number of benzene rings is 1. The largest absolute Gasteiger partial charge is 0.465 e. The van der Waals surface area contributed by atoms with Gasteiger partial charge in [0, 0.05) is 5.88 Å². The molecule has 0 spiro atoms. The Bertz CT molecular complexity index is 324. The van der Waals surface area contributed by atoms with Gasteiger partial charge in [0.05, 0.1) is 6.61 Å². The molecular weight excluding hydrogens is 212 g/mol. The summed E-state index contributed by atoms with van der Waals surface area (Å²) in [6, 6.07) is 9.46. The van der Waals surface area contributed by atoms with Crippen LogP contribution >= 0.6 is 11.6 Å². The van der Waals surface area contributed by atoms with Crippen LogP contribution in [-0.2, 0) is 14.9 Å². The summed E-state index contributed by atoms with van der Waals surface area (Å²) in [5.41, 5.74) is 0.136. The van der Waals surface area contributed by atoms with E-state index in [9.17, 15) is 4.79 Å². The van der Waals surface area contributed by atoms with Crippen molar-refractivity contribution in [3.05, 3.63) is 35.9 Å². The molecule has 1 rings (SSSR count). The first-order chi connectivity index (χ1) is 7.15. The van der Waals surface area contributed by atoms with Gasteiger partial charge in [0.1, 0.15) is 5.41 Å². The standard InChI is InChI=1S/C12H15ClO2/c1-3-15-11(14)12(2,9-13)10-7-5-4-6-8-10/h4-8H,3,9H2,1-2H3. The van der Waals surface area contributed by atoms with Gasteiger partial charge in [-0.1, -0.05) is 30.3 Å². The van der Waals surface area contributed by atoms with Gasteiger partial charge < -0.3 is 4.74 Å². The molecule has 1 atom stereocenters. The Morgan fingerprint density at radius 1 is 1.40 bits per heavy atom. The molecule has 0 aliphatic heterocycles. The van der Waals surface area contributed by atoms with E-state index in [4.69, 9.17) is 16.3 Å². The molecule has 0 aliphatic carbocycles. The van der Waals surface area contributed by atoms with E-state index < -0.39 is 5.41 Å². The molecular formula is C12H15ClO2. The van der Waals surface area contributed by atoms with Crippen molar-refractivity contribution in [1.29, 1.82) is 0 Å². The summed E-state index contributed by atoms with van der Waals surface area (Å²) >= 11 is 5.87. The second-order valence-electron chi connectivity index (χ2n) is 3.55. The van der Waals surface area contributed by atoms with Gasteiger partial charge in [-0.2, -0.15) is 0 Å². The van der Waals surface area contributed by atoms with Gasteiger partial charge in [-0.3, -0.25) is 4.79 Å². The van der Waals surface area contributed by atoms with Crippen LogP contribution in [0.3, 0.4) is 0 Å². The van der Waals surface area contributed by atoms with Crippen molar-refractivity contribution in [2.24, 2.45) is 0 Å². The minimum Gasteiger partial charge on any atom is -0.465 e. The molecule has 1 unspecified atom stereocenters. The van der Waals surface area contributed by atoms with Crippen molar-refractivity contribution in [3.8, 4) is 0 Å². The van der Waals surface area contributed by atoms with Crippen LogP contribution in [0.1, 0.15) is 19.4 Å². The molecule has 0 heterocycles. The Labute approximate surface area is 95.2 Å². The van der Waals surface area contributed by atoms with Crippen molar-refractivity contribution in [2.75, 3.05) is 12.5 Å². The molecule has 0 amide bonds. The zero-order valence-electron chi connectivity index (χ0n) is 9.00. The molecule has 82 valence electrons. The van der Waals surface area contributed by atoms with Crippen LogP contribution in [0.4, 0.5) is 0 Å².